The first-order valence-corrected chi connectivity index (χ1v) is 10.6. The minimum Gasteiger partial charge on any atom is -0.507 e. The normalized spacial score (nSPS) is 12.2. The number of benzene rings is 3. The van der Waals surface area contributed by atoms with Gasteiger partial charge >= 0.3 is 0 Å². The average Bonchev–Trinajstić information content (AvgIpc) is 2.59. The smallest absolute Gasteiger partial charge is 0.295 e. The molecule has 3 rings (SSSR count). The third-order valence-corrected chi connectivity index (χ3v) is 5.92. The summed E-state index contributed by atoms with van der Waals surface area (Å²) < 4.78 is 65.2. The minimum absolute atomic E-state index is 0.00152. The van der Waals surface area contributed by atoms with E-state index in [2.05, 4.69) is 0 Å². The number of carbonyl (C=O) groups excluding carboxylic acids is 1. The van der Waals surface area contributed by atoms with E-state index >= 15 is 0 Å². The second kappa shape index (κ2) is 6.70. The van der Waals surface area contributed by atoms with Gasteiger partial charge in [0.1, 0.15) is 10.6 Å². The molecule has 3 aromatic rings. The van der Waals surface area contributed by atoms with Crippen molar-refractivity contribution in [1.82, 2.24) is 0 Å². The molecule has 0 unspecified atom stereocenters. The van der Waals surface area contributed by atoms with Crippen LogP contribution >= 0.6 is 0 Å². The van der Waals surface area contributed by atoms with Crippen molar-refractivity contribution in [3.63, 3.8) is 0 Å². The molecule has 0 aliphatic rings. The molecule has 152 valence electrons. The number of nitrogen functional groups attached to an aromatic ring is 2. The summed E-state index contributed by atoms with van der Waals surface area (Å²) in [6, 6.07) is 7.97. The van der Waals surface area contributed by atoms with Gasteiger partial charge in [0.15, 0.2) is 5.78 Å². The Morgan fingerprint density at radius 2 is 1.48 bits per heavy atom. The minimum atomic E-state index is -4.95. The lowest BCUT2D eigenvalue weighted by atomic mass is 9.94. The summed E-state index contributed by atoms with van der Waals surface area (Å²) in [6.45, 7) is 0. The van der Waals surface area contributed by atoms with Crippen LogP contribution in [0, 0.1) is 0 Å². The fraction of sp³-hybridized carbons (Fsp3) is 0. The number of fused-ring (bicyclic) bond motifs is 1. The molecule has 12 heteroatoms. The lowest BCUT2D eigenvalue weighted by Crippen LogP contribution is -2.12. The van der Waals surface area contributed by atoms with Gasteiger partial charge in [-0.25, -0.2) is 0 Å². The number of ketones is 1. The van der Waals surface area contributed by atoms with Gasteiger partial charge in [-0.15, -0.1) is 0 Å². The maximum Gasteiger partial charge on any atom is 0.295 e. The van der Waals surface area contributed by atoms with Crippen molar-refractivity contribution >= 4 is 48.2 Å². The molecule has 0 aliphatic carbocycles. The topological polar surface area (TPSA) is 198 Å². The van der Waals surface area contributed by atoms with Crippen LogP contribution in [0.15, 0.2) is 52.3 Å². The standard InChI is InChI=1S/C17H14N2O8S2/c18-11-4-2-1-3-9(11)17(21)16-12(19)7-14(29(25,26)27)10-5-8(28(22,23)24)6-13(20)15(10)16/h1-7,20H,18-19H2,(H,22,23,24)(H,25,26,27). The van der Waals surface area contributed by atoms with Gasteiger partial charge < -0.3 is 16.6 Å². The van der Waals surface area contributed by atoms with E-state index in [0.29, 0.717) is 12.1 Å². The zero-order valence-electron chi connectivity index (χ0n) is 14.4. The molecule has 0 saturated heterocycles. The maximum atomic E-state index is 13.0. The van der Waals surface area contributed by atoms with Gasteiger partial charge in [0.25, 0.3) is 20.2 Å². The molecule has 7 N–H and O–H groups in total. The third kappa shape index (κ3) is 3.61. The highest BCUT2D eigenvalue weighted by Crippen LogP contribution is 2.39. The van der Waals surface area contributed by atoms with E-state index in [0.717, 1.165) is 6.07 Å². The number of rotatable bonds is 4. The molecule has 0 radical (unpaired) electrons. The number of anilines is 2. The monoisotopic (exact) mass is 438 g/mol. The predicted molar refractivity (Wildman–Crippen MR) is 104 cm³/mol. The molecule has 0 saturated carbocycles. The van der Waals surface area contributed by atoms with Gasteiger partial charge in [0, 0.05) is 33.8 Å². The summed E-state index contributed by atoms with van der Waals surface area (Å²) in [5.74, 6) is -1.63. The van der Waals surface area contributed by atoms with Gasteiger partial charge in [-0.1, -0.05) is 12.1 Å². The highest BCUT2D eigenvalue weighted by molar-refractivity contribution is 7.86. The molecule has 0 spiro atoms. The summed E-state index contributed by atoms with van der Waals surface area (Å²) in [7, 11) is -9.80. The summed E-state index contributed by atoms with van der Waals surface area (Å²) in [6.07, 6.45) is 0. The molecule has 0 fully saturated rings. The van der Waals surface area contributed by atoms with Crippen molar-refractivity contribution in [2.24, 2.45) is 0 Å². The Bertz CT molecular complexity index is 1400. The first-order chi connectivity index (χ1) is 13.3. The van der Waals surface area contributed by atoms with Crippen LogP contribution in [0.3, 0.4) is 0 Å². The van der Waals surface area contributed by atoms with E-state index in [-0.39, 0.29) is 16.8 Å². The molecular formula is C17H14N2O8S2. The molecule has 0 aliphatic heterocycles. The number of aromatic hydroxyl groups is 1. The zero-order chi connectivity index (χ0) is 21.7. The van der Waals surface area contributed by atoms with Crippen molar-refractivity contribution in [2.75, 3.05) is 11.5 Å². The zero-order valence-corrected chi connectivity index (χ0v) is 16.0. The van der Waals surface area contributed by atoms with Crippen LogP contribution in [-0.2, 0) is 20.2 Å². The molecule has 0 amide bonds. The van der Waals surface area contributed by atoms with Crippen LogP contribution in [0.25, 0.3) is 10.8 Å². The van der Waals surface area contributed by atoms with Gasteiger partial charge in [-0.05, 0) is 24.3 Å². The Morgan fingerprint density at radius 3 is 2.03 bits per heavy atom. The Kier molecular flexibility index (Phi) is 4.75. The lowest BCUT2D eigenvalue weighted by molar-refractivity contribution is 0.104. The van der Waals surface area contributed by atoms with Crippen LogP contribution < -0.4 is 11.5 Å². The largest absolute Gasteiger partial charge is 0.507 e. The van der Waals surface area contributed by atoms with Crippen LogP contribution in [0.2, 0.25) is 0 Å². The maximum absolute atomic E-state index is 13.0. The number of nitrogens with two attached hydrogens (primary N) is 2. The van der Waals surface area contributed by atoms with Gasteiger partial charge in [-0.3, -0.25) is 13.9 Å². The molecule has 0 aromatic heterocycles. The molecular weight excluding hydrogens is 424 g/mol. The van der Waals surface area contributed by atoms with Gasteiger partial charge in [0.05, 0.1) is 10.5 Å². The van der Waals surface area contributed by atoms with E-state index in [1.807, 2.05) is 0 Å². The Hall–Kier alpha value is -3.19. The molecule has 0 atom stereocenters. The Labute approximate surface area is 164 Å². The molecule has 29 heavy (non-hydrogen) atoms. The molecule has 3 aromatic carbocycles. The average molecular weight is 438 g/mol. The fourth-order valence-electron chi connectivity index (χ4n) is 2.94. The van der Waals surface area contributed by atoms with E-state index in [1.54, 1.807) is 6.07 Å². The lowest BCUT2D eigenvalue weighted by Gasteiger charge is -2.15. The van der Waals surface area contributed by atoms with Crippen LogP contribution in [0.4, 0.5) is 11.4 Å². The summed E-state index contributed by atoms with van der Waals surface area (Å²) in [5, 5.41) is 9.42. The van der Waals surface area contributed by atoms with Crippen molar-refractivity contribution in [3.05, 3.63) is 53.6 Å². The quantitative estimate of drug-likeness (QED) is 0.225. The highest BCUT2D eigenvalue weighted by Gasteiger charge is 2.27. The Balaban J connectivity index is 2.52. The number of para-hydroxylation sites is 1. The number of hydrogen-bond acceptors (Lipinski definition) is 8. The highest BCUT2D eigenvalue weighted by atomic mass is 32.2. The van der Waals surface area contributed by atoms with Crippen LogP contribution in [-0.4, -0.2) is 36.8 Å². The number of carbonyl (C=O) groups is 1. The summed E-state index contributed by atoms with van der Waals surface area (Å²) in [5.41, 5.74) is 11.0. The van der Waals surface area contributed by atoms with Gasteiger partial charge in [-0.2, -0.15) is 16.8 Å². The van der Waals surface area contributed by atoms with Crippen molar-refractivity contribution in [3.8, 4) is 5.75 Å². The van der Waals surface area contributed by atoms with Gasteiger partial charge in [0.2, 0.25) is 0 Å². The molecule has 0 heterocycles. The molecule has 0 bridgehead atoms. The Morgan fingerprint density at radius 1 is 0.862 bits per heavy atom. The third-order valence-electron chi connectivity index (χ3n) is 4.19. The number of phenols is 1. The first-order valence-electron chi connectivity index (χ1n) is 7.75. The van der Waals surface area contributed by atoms with E-state index in [9.17, 15) is 35.8 Å². The molecule has 10 nitrogen and oxygen atoms in total. The van der Waals surface area contributed by atoms with Crippen LogP contribution in [0.5, 0.6) is 5.75 Å². The number of hydrogen-bond donors (Lipinski definition) is 5. The summed E-state index contributed by atoms with van der Waals surface area (Å²) >= 11 is 0. The van der Waals surface area contributed by atoms with Crippen molar-refractivity contribution in [1.29, 1.82) is 0 Å². The summed E-state index contributed by atoms with van der Waals surface area (Å²) in [4.78, 5) is 11.3. The van der Waals surface area contributed by atoms with Crippen molar-refractivity contribution < 1.29 is 35.8 Å². The van der Waals surface area contributed by atoms with E-state index in [1.165, 1.54) is 18.2 Å². The van der Waals surface area contributed by atoms with Crippen molar-refractivity contribution in [2.45, 2.75) is 9.79 Å². The number of phenolic OH excluding ortho intramolecular Hbond substituents is 1. The second-order valence-corrected chi connectivity index (χ2v) is 8.88. The van der Waals surface area contributed by atoms with E-state index in [4.69, 9.17) is 11.5 Å². The SMILES string of the molecule is Nc1ccccc1C(=O)c1c(N)cc(S(=O)(=O)O)c2cc(S(=O)(=O)O)cc(O)c12. The first kappa shape index (κ1) is 20.5. The van der Waals surface area contributed by atoms with Crippen LogP contribution in [0.1, 0.15) is 15.9 Å². The van der Waals surface area contributed by atoms with E-state index < -0.39 is 58.0 Å². The fourth-order valence-corrected chi connectivity index (χ4v) is 4.18. The predicted octanol–water partition coefficient (Wildman–Crippen LogP) is 1.43. The second-order valence-electron chi connectivity index (χ2n) is 6.07.